The maximum Gasteiger partial charge on any atom is 0.193 e. The van der Waals surface area contributed by atoms with Gasteiger partial charge in [-0.05, 0) is 23.6 Å². The topological polar surface area (TPSA) is 63.9 Å². The number of aryl methyl sites for hydroxylation is 1. The first-order chi connectivity index (χ1) is 13.6. The zero-order valence-electron chi connectivity index (χ0n) is 17.7. The Morgan fingerprint density at radius 2 is 2.10 bits per heavy atom. The van der Waals surface area contributed by atoms with Crippen LogP contribution in [-0.4, -0.2) is 60.5 Å². The number of benzene rings is 1. The number of nitrogens with one attached hydrogen (secondary N) is 1. The summed E-state index contributed by atoms with van der Waals surface area (Å²) in [5.41, 5.74) is 2.41. The average Bonchev–Trinajstić information content (AvgIpc) is 3.15. The monoisotopic (exact) mass is 513 g/mol. The van der Waals surface area contributed by atoms with E-state index in [-0.39, 0.29) is 30.1 Å². The summed E-state index contributed by atoms with van der Waals surface area (Å²) in [6.45, 7) is 7.88. The van der Waals surface area contributed by atoms with E-state index in [1.165, 1.54) is 5.56 Å². The molecule has 0 spiro atoms. The van der Waals surface area contributed by atoms with Crippen LogP contribution in [0.5, 0.6) is 5.75 Å². The largest absolute Gasteiger partial charge is 0.492 e. The standard InChI is InChI=1S/C21H31N5O2.HI/c1-16(2)17-5-7-19(8-6-17)27-11-9-23-21(22-3)26-10-12-28-20(15-26)18-13-24-25(4)14-18;/h5-8,13-14,16,20H,9-12,15H2,1-4H3,(H,22,23);1H. The van der Waals surface area contributed by atoms with E-state index in [9.17, 15) is 0 Å². The lowest BCUT2D eigenvalue weighted by atomic mass is 10.0. The predicted octanol–water partition coefficient (Wildman–Crippen LogP) is 3.19. The third-order valence-corrected chi connectivity index (χ3v) is 4.88. The highest BCUT2D eigenvalue weighted by Crippen LogP contribution is 2.21. The number of rotatable bonds is 6. The Balaban J connectivity index is 0.00000300. The van der Waals surface area contributed by atoms with Crippen molar-refractivity contribution in [3.63, 3.8) is 0 Å². The average molecular weight is 513 g/mol. The molecule has 1 N–H and O–H groups in total. The lowest BCUT2D eigenvalue weighted by Gasteiger charge is -2.34. The minimum absolute atomic E-state index is 0. The van der Waals surface area contributed by atoms with Crippen molar-refractivity contribution in [1.82, 2.24) is 20.0 Å². The zero-order valence-corrected chi connectivity index (χ0v) is 20.0. The number of aliphatic imine (C=N–C) groups is 1. The molecule has 1 saturated heterocycles. The molecule has 2 aromatic rings. The van der Waals surface area contributed by atoms with Crippen LogP contribution in [0.15, 0.2) is 41.7 Å². The zero-order chi connectivity index (χ0) is 19.9. The summed E-state index contributed by atoms with van der Waals surface area (Å²) in [6, 6.07) is 8.31. The number of hydrogen-bond acceptors (Lipinski definition) is 4. The number of halogens is 1. The molecule has 160 valence electrons. The Labute approximate surface area is 190 Å². The molecule has 1 aliphatic rings. The van der Waals surface area contributed by atoms with E-state index in [1.807, 2.05) is 38.6 Å². The van der Waals surface area contributed by atoms with Crippen LogP contribution >= 0.6 is 24.0 Å². The summed E-state index contributed by atoms with van der Waals surface area (Å²) in [7, 11) is 3.73. The fourth-order valence-electron chi connectivity index (χ4n) is 3.26. The molecule has 0 radical (unpaired) electrons. The SMILES string of the molecule is CN=C(NCCOc1ccc(C(C)C)cc1)N1CCOC(c2cnn(C)c2)C1.I. The molecule has 2 heterocycles. The molecular formula is C21H32IN5O2. The van der Waals surface area contributed by atoms with Crippen LogP contribution in [0.25, 0.3) is 0 Å². The van der Waals surface area contributed by atoms with Gasteiger partial charge < -0.3 is 19.7 Å². The van der Waals surface area contributed by atoms with Crippen molar-refractivity contribution >= 4 is 29.9 Å². The van der Waals surface area contributed by atoms with Crippen LogP contribution in [0.4, 0.5) is 0 Å². The molecule has 1 fully saturated rings. The van der Waals surface area contributed by atoms with Crippen molar-refractivity contribution in [3.05, 3.63) is 47.8 Å². The van der Waals surface area contributed by atoms with Gasteiger partial charge in [0.2, 0.25) is 0 Å². The Morgan fingerprint density at radius 3 is 2.72 bits per heavy atom. The smallest absolute Gasteiger partial charge is 0.193 e. The third kappa shape index (κ3) is 6.60. The molecule has 0 aliphatic carbocycles. The van der Waals surface area contributed by atoms with E-state index in [2.05, 4.69) is 46.3 Å². The number of hydrogen-bond donors (Lipinski definition) is 1. The summed E-state index contributed by atoms with van der Waals surface area (Å²) in [6.07, 6.45) is 3.88. The lowest BCUT2D eigenvalue weighted by Crippen LogP contribution is -2.48. The highest BCUT2D eigenvalue weighted by atomic mass is 127. The van der Waals surface area contributed by atoms with E-state index in [0.717, 1.165) is 30.4 Å². The Hall–Kier alpha value is -1.81. The second-order valence-corrected chi connectivity index (χ2v) is 7.30. The van der Waals surface area contributed by atoms with E-state index >= 15 is 0 Å². The van der Waals surface area contributed by atoms with Crippen LogP contribution < -0.4 is 10.1 Å². The third-order valence-electron chi connectivity index (χ3n) is 4.88. The molecule has 7 nitrogen and oxygen atoms in total. The van der Waals surface area contributed by atoms with Crippen LogP contribution in [0.1, 0.15) is 37.0 Å². The van der Waals surface area contributed by atoms with Gasteiger partial charge in [0.05, 0.1) is 25.9 Å². The van der Waals surface area contributed by atoms with Crippen molar-refractivity contribution in [2.45, 2.75) is 25.9 Å². The van der Waals surface area contributed by atoms with E-state index < -0.39 is 0 Å². The minimum atomic E-state index is 0. The van der Waals surface area contributed by atoms with Crippen molar-refractivity contribution in [2.24, 2.45) is 12.0 Å². The van der Waals surface area contributed by atoms with E-state index in [4.69, 9.17) is 9.47 Å². The number of nitrogens with zero attached hydrogens (tertiary/aromatic N) is 4. The Morgan fingerprint density at radius 1 is 1.34 bits per heavy atom. The lowest BCUT2D eigenvalue weighted by molar-refractivity contribution is -0.00805. The van der Waals surface area contributed by atoms with Crippen LogP contribution in [0.3, 0.4) is 0 Å². The van der Waals surface area contributed by atoms with Crippen LogP contribution in [0.2, 0.25) is 0 Å². The fraction of sp³-hybridized carbons (Fsp3) is 0.524. The van der Waals surface area contributed by atoms with Gasteiger partial charge in [-0.15, -0.1) is 24.0 Å². The fourth-order valence-corrected chi connectivity index (χ4v) is 3.26. The van der Waals surface area contributed by atoms with Gasteiger partial charge in [0.1, 0.15) is 18.5 Å². The number of guanidine groups is 1. The summed E-state index contributed by atoms with van der Waals surface area (Å²) in [4.78, 5) is 6.64. The molecule has 3 rings (SSSR count). The first-order valence-electron chi connectivity index (χ1n) is 9.85. The molecule has 1 aromatic carbocycles. The summed E-state index contributed by atoms with van der Waals surface area (Å²) >= 11 is 0. The van der Waals surface area contributed by atoms with E-state index in [1.54, 1.807) is 4.68 Å². The minimum Gasteiger partial charge on any atom is -0.492 e. The van der Waals surface area contributed by atoms with Gasteiger partial charge in [-0.1, -0.05) is 26.0 Å². The first kappa shape index (κ1) is 23.5. The van der Waals surface area contributed by atoms with Crippen molar-refractivity contribution in [1.29, 1.82) is 0 Å². The van der Waals surface area contributed by atoms with Gasteiger partial charge in [-0.2, -0.15) is 5.10 Å². The molecule has 0 bridgehead atoms. The molecule has 1 aliphatic heterocycles. The molecule has 8 heteroatoms. The molecule has 1 aromatic heterocycles. The molecule has 0 amide bonds. The summed E-state index contributed by atoms with van der Waals surface area (Å²) in [5, 5.41) is 7.63. The number of aromatic nitrogens is 2. The van der Waals surface area contributed by atoms with Gasteiger partial charge in [-0.3, -0.25) is 9.67 Å². The Bertz CT molecular complexity index is 776. The van der Waals surface area contributed by atoms with Gasteiger partial charge in [-0.25, -0.2) is 0 Å². The van der Waals surface area contributed by atoms with Crippen molar-refractivity contribution in [3.8, 4) is 5.75 Å². The summed E-state index contributed by atoms with van der Waals surface area (Å²) < 4.78 is 13.6. The van der Waals surface area contributed by atoms with Crippen LogP contribution in [-0.2, 0) is 11.8 Å². The van der Waals surface area contributed by atoms with Gasteiger partial charge in [0.15, 0.2) is 5.96 Å². The highest BCUT2D eigenvalue weighted by Gasteiger charge is 2.25. The van der Waals surface area contributed by atoms with Crippen LogP contribution in [0, 0.1) is 0 Å². The van der Waals surface area contributed by atoms with E-state index in [0.29, 0.717) is 25.7 Å². The first-order valence-corrected chi connectivity index (χ1v) is 9.85. The second kappa shape index (κ2) is 11.4. The quantitative estimate of drug-likeness (QED) is 0.278. The number of ether oxygens (including phenoxy) is 2. The van der Waals surface area contributed by atoms with Crippen molar-refractivity contribution in [2.75, 3.05) is 39.9 Å². The van der Waals surface area contributed by atoms with Crippen molar-refractivity contribution < 1.29 is 9.47 Å². The normalized spacial score (nSPS) is 17.2. The van der Waals surface area contributed by atoms with Gasteiger partial charge in [0.25, 0.3) is 0 Å². The second-order valence-electron chi connectivity index (χ2n) is 7.30. The maximum absolute atomic E-state index is 5.91. The highest BCUT2D eigenvalue weighted by molar-refractivity contribution is 14.0. The van der Waals surface area contributed by atoms with Gasteiger partial charge >= 0.3 is 0 Å². The Kier molecular flexibility index (Phi) is 9.22. The molecule has 29 heavy (non-hydrogen) atoms. The molecule has 1 atom stereocenters. The van der Waals surface area contributed by atoms with Gasteiger partial charge in [0, 0.05) is 32.4 Å². The maximum atomic E-state index is 5.91. The molecular weight excluding hydrogens is 481 g/mol. The predicted molar refractivity (Wildman–Crippen MR) is 126 cm³/mol. The summed E-state index contributed by atoms with van der Waals surface area (Å²) in [5.74, 6) is 2.29. The molecule has 0 saturated carbocycles. The number of morpholine rings is 1. The molecule has 1 unspecified atom stereocenters.